The third-order valence-corrected chi connectivity index (χ3v) is 4.18. The molecule has 2 saturated heterocycles. The van der Waals surface area contributed by atoms with E-state index in [-0.39, 0.29) is 24.0 Å². The molecule has 20 heavy (non-hydrogen) atoms. The molecular weight excluding hydrogens is 256 g/mol. The summed E-state index contributed by atoms with van der Waals surface area (Å²) in [4.78, 5) is 26.2. The van der Waals surface area contributed by atoms with Crippen molar-refractivity contribution in [3.8, 4) is 6.07 Å². The standard InChI is InChI=1S/C15H10N2O3/c16-7-8-3-1-2-4-9(8)17-14(18)12-10-5-6-11(20-10)13(12)15(17)19/h1-6,10-13H/t10-,11+,12+,13-. The lowest BCUT2D eigenvalue weighted by molar-refractivity contribution is -0.124. The fourth-order valence-electron chi connectivity index (χ4n) is 3.30. The Labute approximate surface area is 115 Å². The number of fused-ring (bicyclic) bond motifs is 5. The van der Waals surface area contributed by atoms with Crippen molar-refractivity contribution in [2.45, 2.75) is 12.2 Å². The predicted molar refractivity (Wildman–Crippen MR) is 68.4 cm³/mol. The quantitative estimate of drug-likeness (QED) is 0.561. The molecule has 4 atom stereocenters. The van der Waals surface area contributed by atoms with Crippen molar-refractivity contribution in [1.29, 1.82) is 5.26 Å². The summed E-state index contributed by atoms with van der Waals surface area (Å²) in [7, 11) is 0. The third-order valence-electron chi connectivity index (χ3n) is 4.18. The average Bonchev–Trinajstić information content (AvgIpc) is 3.13. The van der Waals surface area contributed by atoms with Crippen molar-refractivity contribution in [3.63, 3.8) is 0 Å². The van der Waals surface area contributed by atoms with Crippen LogP contribution in [-0.4, -0.2) is 24.0 Å². The summed E-state index contributed by atoms with van der Waals surface area (Å²) in [6.45, 7) is 0. The van der Waals surface area contributed by atoms with Gasteiger partial charge in [-0.3, -0.25) is 9.59 Å². The molecule has 1 aromatic rings. The fourth-order valence-corrected chi connectivity index (χ4v) is 3.30. The fraction of sp³-hybridized carbons (Fsp3) is 0.267. The Hall–Kier alpha value is -2.45. The molecular formula is C15H10N2O3. The normalized spacial score (nSPS) is 33.6. The van der Waals surface area contributed by atoms with Crippen molar-refractivity contribution in [2.24, 2.45) is 11.8 Å². The molecule has 5 nitrogen and oxygen atoms in total. The summed E-state index contributed by atoms with van der Waals surface area (Å²) >= 11 is 0. The van der Waals surface area contributed by atoms with Crippen molar-refractivity contribution in [3.05, 3.63) is 42.0 Å². The molecule has 0 aliphatic carbocycles. The molecule has 0 unspecified atom stereocenters. The van der Waals surface area contributed by atoms with Gasteiger partial charge in [-0.25, -0.2) is 4.90 Å². The first-order valence-electron chi connectivity index (χ1n) is 6.43. The number of amides is 2. The van der Waals surface area contributed by atoms with Crippen LogP contribution in [-0.2, 0) is 14.3 Å². The maximum absolute atomic E-state index is 12.5. The van der Waals surface area contributed by atoms with Gasteiger partial charge >= 0.3 is 0 Å². The Morgan fingerprint density at radius 2 is 1.65 bits per heavy atom. The van der Waals surface area contributed by atoms with Crippen LogP contribution in [0.4, 0.5) is 5.69 Å². The number of imide groups is 1. The van der Waals surface area contributed by atoms with Gasteiger partial charge in [0, 0.05) is 0 Å². The average molecular weight is 266 g/mol. The van der Waals surface area contributed by atoms with Gasteiger partial charge in [-0.05, 0) is 12.1 Å². The van der Waals surface area contributed by atoms with Crippen molar-refractivity contribution in [2.75, 3.05) is 4.90 Å². The third kappa shape index (κ3) is 1.24. The highest BCUT2D eigenvalue weighted by Gasteiger charge is 2.61. The number of rotatable bonds is 1. The van der Waals surface area contributed by atoms with Gasteiger partial charge in [0.05, 0.1) is 35.3 Å². The molecule has 2 amide bonds. The molecule has 3 aliphatic rings. The van der Waals surface area contributed by atoms with Crippen LogP contribution in [0.2, 0.25) is 0 Å². The zero-order chi connectivity index (χ0) is 13.9. The molecule has 3 aliphatic heterocycles. The van der Waals surface area contributed by atoms with Crippen LogP contribution in [0.5, 0.6) is 0 Å². The SMILES string of the molecule is N#Cc1ccccc1N1C(=O)[C@@H]2[C@H](C1=O)[C@@H]1C=C[C@H]2O1. The Morgan fingerprint density at radius 3 is 2.25 bits per heavy atom. The zero-order valence-corrected chi connectivity index (χ0v) is 10.4. The molecule has 0 saturated carbocycles. The van der Waals surface area contributed by atoms with Crippen molar-refractivity contribution >= 4 is 17.5 Å². The van der Waals surface area contributed by atoms with Crippen molar-refractivity contribution < 1.29 is 14.3 Å². The van der Waals surface area contributed by atoms with E-state index in [1.807, 2.05) is 18.2 Å². The molecule has 98 valence electrons. The Kier molecular flexibility index (Phi) is 2.15. The van der Waals surface area contributed by atoms with E-state index in [4.69, 9.17) is 10.00 Å². The predicted octanol–water partition coefficient (Wildman–Crippen LogP) is 1.00. The van der Waals surface area contributed by atoms with E-state index in [0.717, 1.165) is 4.90 Å². The van der Waals surface area contributed by atoms with Crippen LogP contribution in [0.25, 0.3) is 0 Å². The molecule has 0 spiro atoms. The minimum absolute atomic E-state index is 0.264. The summed E-state index contributed by atoms with van der Waals surface area (Å²) in [6.07, 6.45) is 3.08. The lowest BCUT2D eigenvalue weighted by atomic mass is 9.85. The number of para-hydroxylation sites is 1. The number of hydrogen-bond donors (Lipinski definition) is 0. The van der Waals surface area contributed by atoms with Crippen LogP contribution in [0, 0.1) is 23.2 Å². The van der Waals surface area contributed by atoms with E-state index >= 15 is 0 Å². The summed E-state index contributed by atoms with van der Waals surface area (Å²) < 4.78 is 5.58. The van der Waals surface area contributed by atoms with Crippen LogP contribution in [0.3, 0.4) is 0 Å². The molecule has 0 radical (unpaired) electrons. The lowest BCUT2D eigenvalue weighted by Gasteiger charge is -2.18. The molecule has 5 heteroatoms. The Bertz CT molecular complexity index is 673. The van der Waals surface area contributed by atoms with E-state index in [1.54, 1.807) is 24.3 Å². The van der Waals surface area contributed by atoms with E-state index in [0.29, 0.717) is 11.3 Å². The first kappa shape index (κ1) is 11.4. The van der Waals surface area contributed by atoms with Gasteiger partial charge in [0.1, 0.15) is 6.07 Å². The van der Waals surface area contributed by atoms with E-state index < -0.39 is 11.8 Å². The lowest BCUT2D eigenvalue weighted by Crippen LogP contribution is -2.34. The van der Waals surface area contributed by atoms with Crippen LogP contribution < -0.4 is 4.90 Å². The number of hydrogen-bond acceptors (Lipinski definition) is 4. The summed E-state index contributed by atoms with van der Waals surface area (Å²) in [5.41, 5.74) is 0.703. The summed E-state index contributed by atoms with van der Waals surface area (Å²) in [6, 6.07) is 8.69. The Balaban J connectivity index is 1.81. The summed E-state index contributed by atoms with van der Waals surface area (Å²) in [5, 5.41) is 9.13. The van der Waals surface area contributed by atoms with E-state index in [2.05, 4.69) is 0 Å². The number of anilines is 1. The second-order valence-electron chi connectivity index (χ2n) is 5.14. The second-order valence-corrected chi connectivity index (χ2v) is 5.14. The van der Waals surface area contributed by atoms with Gasteiger partial charge in [-0.2, -0.15) is 5.26 Å². The number of benzene rings is 1. The number of carbonyl (C=O) groups is 2. The largest absolute Gasteiger partial charge is 0.365 e. The van der Waals surface area contributed by atoms with E-state index in [1.165, 1.54) is 0 Å². The van der Waals surface area contributed by atoms with Gasteiger partial charge < -0.3 is 4.74 Å². The highest BCUT2D eigenvalue weighted by molar-refractivity contribution is 6.23. The molecule has 0 aromatic heterocycles. The van der Waals surface area contributed by atoms with Gasteiger partial charge in [0.15, 0.2) is 0 Å². The smallest absolute Gasteiger partial charge is 0.240 e. The molecule has 4 rings (SSSR count). The van der Waals surface area contributed by atoms with Crippen LogP contribution >= 0.6 is 0 Å². The number of ether oxygens (including phenoxy) is 1. The van der Waals surface area contributed by atoms with E-state index in [9.17, 15) is 9.59 Å². The second kappa shape index (κ2) is 3.78. The first-order chi connectivity index (χ1) is 9.72. The topological polar surface area (TPSA) is 70.4 Å². The van der Waals surface area contributed by atoms with Gasteiger partial charge in [0.2, 0.25) is 11.8 Å². The Morgan fingerprint density at radius 1 is 1.05 bits per heavy atom. The van der Waals surface area contributed by atoms with Gasteiger partial charge in [-0.1, -0.05) is 24.3 Å². The monoisotopic (exact) mass is 266 g/mol. The molecule has 2 bridgehead atoms. The van der Waals surface area contributed by atoms with Gasteiger partial charge in [-0.15, -0.1) is 0 Å². The number of nitrogens with zero attached hydrogens (tertiary/aromatic N) is 2. The van der Waals surface area contributed by atoms with Crippen LogP contribution in [0.1, 0.15) is 5.56 Å². The van der Waals surface area contributed by atoms with Crippen molar-refractivity contribution in [1.82, 2.24) is 0 Å². The van der Waals surface area contributed by atoms with Crippen LogP contribution in [0.15, 0.2) is 36.4 Å². The minimum atomic E-state index is -0.441. The molecule has 2 fully saturated rings. The zero-order valence-electron chi connectivity index (χ0n) is 10.4. The minimum Gasteiger partial charge on any atom is -0.365 e. The summed E-state index contributed by atoms with van der Waals surface area (Å²) in [5.74, 6) is -1.41. The highest BCUT2D eigenvalue weighted by atomic mass is 16.5. The maximum Gasteiger partial charge on any atom is 0.240 e. The highest BCUT2D eigenvalue weighted by Crippen LogP contribution is 2.46. The first-order valence-corrected chi connectivity index (χ1v) is 6.43. The molecule has 3 heterocycles. The maximum atomic E-state index is 12.5. The molecule has 0 N–H and O–H groups in total. The number of carbonyl (C=O) groups excluding carboxylic acids is 2. The van der Waals surface area contributed by atoms with Gasteiger partial charge in [0.25, 0.3) is 0 Å². The number of nitriles is 1. The molecule has 1 aromatic carbocycles.